The van der Waals surface area contributed by atoms with Gasteiger partial charge in [0.05, 0.1) is 23.8 Å². The highest BCUT2D eigenvalue weighted by molar-refractivity contribution is 6.23. The van der Waals surface area contributed by atoms with Crippen LogP contribution in [0.4, 0.5) is 5.69 Å². The van der Waals surface area contributed by atoms with Crippen molar-refractivity contribution in [2.24, 2.45) is 35.5 Å². The largest absolute Gasteiger partial charge is 0.457 e. The topological polar surface area (TPSA) is 76.8 Å². The van der Waals surface area contributed by atoms with Crippen molar-refractivity contribution < 1.29 is 23.5 Å². The molecule has 2 bridgehead atoms. The van der Waals surface area contributed by atoms with Crippen LogP contribution in [0.5, 0.6) is 5.75 Å². The molecule has 1 aliphatic heterocycles. The first-order valence-electron chi connectivity index (χ1n) is 9.56. The number of rotatable bonds is 3. The van der Waals surface area contributed by atoms with Gasteiger partial charge in [-0.05, 0) is 54.4 Å². The van der Waals surface area contributed by atoms with Gasteiger partial charge in [0.1, 0.15) is 0 Å². The Balaban J connectivity index is 1.36. The maximum Gasteiger partial charge on any atom is 0.379 e. The molecule has 3 fully saturated rings. The number of para-hydroxylation sites is 2. The van der Waals surface area contributed by atoms with Crippen LogP contribution in [0.1, 0.15) is 17.0 Å². The predicted molar refractivity (Wildman–Crippen MR) is 97.3 cm³/mol. The summed E-state index contributed by atoms with van der Waals surface area (Å²) in [4.78, 5) is 40.1. The second-order valence-corrected chi connectivity index (χ2v) is 8.00. The lowest BCUT2D eigenvalue weighted by molar-refractivity contribution is -0.124. The van der Waals surface area contributed by atoms with Crippen molar-refractivity contribution in [2.75, 3.05) is 4.90 Å². The number of hydrogen-bond acceptors (Lipinski definition) is 5. The molecule has 6 nitrogen and oxygen atoms in total. The van der Waals surface area contributed by atoms with Gasteiger partial charge >= 0.3 is 5.97 Å². The molecule has 0 spiro atoms. The Bertz CT molecular complexity index is 1000. The average molecular weight is 375 g/mol. The number of furan rings is 1. The molecule has 4 aliphatic carbocycles. The van der Waals surface area contributed by atoms with Crippen LogP contribution in [-0.2, 0) is 9.59 Å². The molecule has 2 aromatic rings. The number of carbonyl (C=O) groups excluding carboxylic acids is 3. The Hall–Kier alpha value is -3.15. The van der Waals surface area contributed by atoms with E-state index in [4.69, 9.17) is 9.15 Å². The van der Waals surface area contributed by atoms with Gasteiger partial charge in [0, 0.05) is 0 Å². The molecule has 0 unspecified atom stereocenters. The summed E-state index contributed by atoms with van der Waals surface area (Å²) in [6.07, 6.45) is 6.77. The SMILES string of the molecule is O=C(Oc1ccccc1N1C(=O)[C@@H]2[C@H]3C=C[C@@H]([C@@H]4C[C@@H]34)[C@@H]2C1=O)c1ccco1. The van der Waals surface area contributed by atoms with E-state index >= 15 is 0 Å². The van der Waals surface area contributed by atoms with Crippen LogP contribution in [0.25, 0.3) is 0 Å². The van der Waals surface area contributed by atoms with Gasteiger partial charge in [-0.15, -0.1) is 0 Å². The van der Waals surface area contributed by atoms with Crippen molar-refractivity contribution in [2.45, 2.75) is 6.42 Å². The smallest absolute Gasteiger partial charge is 0.379 e. The van der Waals surface area contributed by atoms with Gasteiger partial charge in [-0.2, -0.15) is 0 Å². The van der Waals surface area contributed by atoms with Gasteiger partial charge in [-0.3, -0.25) is 9.59 Å². The van der Waals surface area contributed by atoms with E-state index < -0.39 is 5.97 Å². The zero-order chi connectivity index (χ0) is 19.0. The molecule has 5 aliphatic rings. The number of carbonyl (C=O) groups is 3. The number of anilines is 1. The zero-order valence-corrected chi connectivity index (χ0v) is 14.9. The van der Waals surface area contributed by atoms with E-state index in [-0.39, 0.29) is 47.0 Å². The molecule has 0 radical (unpaired) electrons. The quantitative estimate of drug-likeness (QED) is 0.357. The van der Waals surface area contributed by atoms with E-state index in [0.717, 1.165) is 6.42 Å². The maximum absolute atomic E-state index is 13.3. The minimum Gasteiger partial charge on any atom is -0.457 e. The normalized spacial score (nSPS) is 34.4. The first-order valence-corrected chi connectivity index (χ1v) is 9.56. The number of benzene rings is 1. The average Bonchev–Trinajstić information content (AvgIpc) is 3.27. The van der Waals surface area contributed by atoms with Crippen molar-refractivity contribution in [3.05, 3.63) is 60.6 Å². The van der Waals surface area contributed by atoms with E-state index in [1.54, 1.807) is 30.3 Å². The fraction of sp³-hybridized carbons (Fsp3) is 0.318. The molecule has 2 saturated carbocycles. The number of hydrogen-bond donors (Lipinski definition) is 0. The third kappa shape index (κ3) is 2.00. The van der Waals surface area contributed by atoms with Crippen LogP contribution in [0.2, 0.25) is 0 Å². The van der Waals surface area contributed by atoms with E-state index in [0.29, 0.717) is 17.5 Å². The van der Waals surface area contributed by atoms with Crippen LogP contribution in [-0.4, -0.2) is 17.8 Å². The number of esters is 1. The van der Waals surface area contributed by atoms with Gasteiger partial charge in [0.2, 0.25) is 17.6 Å². The van der Waals surface area contributed by atoms with Crippen molar-refractivity contribution in [3.8, 4) is 5.75 Å². The van der Waals surface area contributed by atoms with Crippen LogP contribution in [0.3, 0.4) is 0 Å². The molecular formula is C22H17NO5. The molecule has 6 heteroatoms. The number of amides is 2. The summed E-state index contributed by atoms with van der Waals surface area (Å²) in [5, 5.41) is 0. The summed E-state index contributed by atoms with van der Waals surface area (Å²) in [5.74, 6) is 0.0117. The summed E-state index contributed by atoms with van der Waals surface area (Å²) >= 11 is 0. The molecule has 2 heterocycles. The van der Waals surface area contributed by atoms with E-state index in [9.17, 15) is 14.4 Å². The minimum absolute atomic E-state index is 0.0601. The van der Waals surface area contributed by atoms with Gasteiger partial charge in [-0.25, -0.2) is 9.69 Å². The Morgan fingerprint density at radius 2 is 1.64 bits per heavy atom. The Kier molecular flexibility index (Phi) is 3.08. The molecule has 6 atom stereocenters. The predicted octanol–water partition coefficient (Wildman–Crippen LogP) is 3.06. The molecule has 7 rings (SSSR count). The second kappa shape index (κ2) is 5.44. The first kappa shape index (κ1) is 15.9. The lowest BCUT2D eigenvalue weighted by Gasteiger charge is -2.37. The fourth-order valence-electron chi connectivity index (χ4n) is 5.47. The third-order valence-corrected chi connectivity index (χ3v) is 6.69. The lowest BCUT2D eigenvalue weighted by Crippen LogP contribution is -2.40. The van der Waals surface area contributed by atoms with Crippen molar-refractivity contribution in [1.29, 1.82) is 0 Å². The molecular weight excluding hydrogens is 358 g/mol. The van der Waals surface area contributed by atoms with Crippen LogP contribution in [0, 0.1) is 35.5 Å². The van der Waals surface area contributed by atoms with Crippen molar-refractivity contribution in [3.63, 3.8) is 0 Å². The number of nitrogens with zero attached hydrogens (tertiary/aromatic N) is 1. The van der Waals surface area contributed by atoms with Crippen molar-refractivity contribution >= 4 is 23.5 Å². The van der Waals surface area contributed by atoms with Crippen LogP contribution in [0.15, 0.2) is 59.2 Å². The molecule has 1 saturated heterocycles. The molecule has 1 aromatic heterocycles. The van der Waals surface area contributed by atoms with Crippen LogP contribution < -0.4 is 9.64 Å². The standard InChI is InChI=1S/C22H17NO5/c24-20-18-11-7-8-12(14-10-13(11)14)19(18)21(25)23(20)15-4-1-2-5-16(15)28-22(26)17-6-3-9-27-17/h1-9,11-14,18-19H,10H2/t11-,12-,13-,14-,18-,19+/m0/s1. The van der Waals surface area contributed by atoms with Crippen LogP contribution >= 0.6 is 0 Å². The monoisotopic (exact) mass is 375 g/mol. The molecule has 2 amide bonds. The fourth-order valence-corrected chi connectivity index (χ4v) is 5.47. The van der Waals surface area contributed by atoms with Gasteiger partial charge in [0.25, 0.3) is 0 Å². The van der Waals surface area contributed by atoms with E-state index in [1.165, 1.54) is 17.2 Å². The Labute approximate surface area is 160 Å². The van der Waals surface area contributed by atoms with Gasteiger partial charge < -0.3 is 9.15 Å². The molecule has 0 N–H and O–H groups in total. The van der Waals surface area contributed by atoms with Crippen molar-refractivity contribution in [1.82, 2.24) is 0 Å². The third-order valence-electron chi connectivity index (χ3n) is 6.69. The lowest BCUT2D eigenvalue weighted by atomic mass is 9.63. The van der Waals surface area contributed by atoms with Gasteiger partial charge in [0.15, 0.2) is 5.75 Å². The van der Waals surface area contributed by atoms with Gasteiger partial charge in [-0.1, -0.05) is 24.3 Å². The maximum atomic E-state index is 13.3. The highest BCUT2D eigenvalue weighted by Crippen LogP contribution is 2.65. The summed E-state index contributed by atoms with van der Waals surface area (Å²) in [6.45, 7) is 0. The molecule has 1 aromatic carbocycles. The number of imide groups is 1. The summed E-state index contributed by atoms with van der Waals surface area (Å²) in [5.41, 5.74) is 0.319. The highest BCUT2D eigenvalue weighted by atomic mass is 16.5. The summed E-state index contributed by atoms with van der Waals surface area (Å²) < 4.78 is 10.5. The molecule has 28 heavy (non-hydrogen) atoms. The summed E-state index contributed by atoms with van der Waals surface area (Å²) in [6, 6.07) is 9.76. The van der Waals surface area contributed by atoms with E-state index in [2.05, 4.69) is 12.2 Å². The molecule has 140 valence electrons. The minimum atomic E-state index is -0.669. The van der Waals surface area contributed by atoms with E-state index in [1.807, 2.05) is 0 Å². The number of allylic oxidation sites excluding steroid dienone is 2. The Morgan fingerprint density at radius 1 is 0.964 bits per heavy atom. The summed E-state index contributed by atoms with van der Waals surface area (Å²) in [7, 11) is 0. The zero-order valence-electron chi connectivity index (χ0n) is 14.9. The highest BCUT2D eigenvalue weighted by Gasteiger charge is 2.67. The number of ether oxygens (including phenoxy) is 1. The second-order valence-electron chi connectivity index (χ2n) is 8.00. The Morgan fingerprint density at radius 3 is 2.29 bits per heavy atom. The first-order chi connectivity index (χ1) is 13.6.